The lowest BCUT2D eigenvalue weighted by molar-refractivity contribution is -0.143. The van der Waals surface area contributed by atoms with E-state index in [-0.39, 0.29) is 5.97 Å². The fraction of sp³-hybridized carbons (Fsp3) is 0.929. The maximum Gasteiger partial charge on any atom is 0.305 e. The number of ether oxygens (including phenoxy) is 1. The van der Waals surface area contributed by atoms with Gasteiger partial charge in [0.2, 0.25) is 0 Å². The first-order valence-corrected chi connectivity index (χ1v) is 8.21. The van der Waals surface area contributed by atoms with Crippen molar-refractivity contribution in [3.8, 4) is 0 Å². The lowest BCUT2D eigenvalue weighted by Crippen LogP contribution is -2.03. The van der Waals surface area contributed by atoms with Gasteiger partial charge in [0.1, 0.15) is 0 Å². The van der Waals surface area contributed by atoms with E-state index in [0.29, 0.717) is 13.0 Å². The molecule has 1 aliphatic rings. The smallest absolute Gasteiger partial charge is 0.305 e. The first-order chi connectivity index (χ1) is 8.33. The zero-order valence-electron chi connectivity index (χ0n) is 11.1. The van der Waals surface area contributed by atoms with Crippen molar-refractivity contribution < 1.29 is 9.53 Å². The molecule has 0 aromatic carbocycles. The molecule has 0 saturated heterocycles. The Bertz CT molecular complexity index is 200. The first-order valence-electron chi connectivity index (χ1n) is 7.06. The van der Waals surface area contributed by atoms with Crippen LogP contribution in [0.4, 0.5) is 0 Å². The molecule has 0 amide bonds. The highest BCUT2D eigenvalue weighted by Gasteiger charge is 2.14. The molecule has 0 unspecified atom stereocenters. The summed E-state index contributed by atoms with van der Waals surface area (Å²) in [6.45, 7) is 2.37. The molecule has 1 rings (SSSR count). The monoisotopic (exact) mass is 258 g/mol. The summed E-state index contributed by atoms with van der Waals surface area (Å²) in [5, 5.41) is 0. The first kappa shape index (κ1) is 14.9. The minimum absolute atomic E-state index is 0.0360. The maximum atomic E-state index is 11.1. The predicted molar refractivity (Wildman–Crippen MR) is 74.4 cm³/mol. The van der Waals surface area contributed by atoms with Crippen molar-refractivity contribution in [2.45, 2.75) is 58.3 Å². The van der Waals surface area contributed by atoms with Crippen LogP contribution >= 0.6 is 11.8 Å². The van der Waals surface area contributed by atoms with Gasteiger partial charge in [-0.15, -0.1) is 0 Å². The van der Waals surface area contributed by atoms with Gasteiger partial charge in [0, 0.05) is 6.42 Å². The number of thioether (sulfide) groups is 1. The largest absolute Gasteiger partial charge is 0.466 e. The molecule has 17 heavy (non-hydrogen) atoms. The Kier molecular flexibility index (Phi) is 8.59. The van der Waals surface area contributed by atoms with E-state index in [4.69, 9.17) is 4.74 Å². The van der Waals surface area contributed by atoms with Gasteiger partial charge in [0.05, 0.1) is 6.61 Å². The normalized spacial score (nSPS) is 16.3. The second kappa shape index (κ2) is 9.81. The number of carbonyl (C=O) groups excluding carboxylic acids is 1. The molecular formula is C14H26O2S. The predicted octanol–water partition coefficient (Wildman–Crippen LogP) is 4.03. The molecule has 3 heteroatoms. The van der Waals surface area contributed by atoms with Crippen molar-refractivity contribution in [3.05, 3.63) is 0 Å². The Morgan fingerprint density at radius 2 is 2.00 bits per heavy atom. The van der Waals surface area contributed by atoms with E-state index in [1.54, 1.807) is 0 Å². The lowest BCUT2D eigenvalue weighted by atomic mass is 10.1. The van der Waals surface area contributed by atoms with Crippen LogP contribution in [-0.2, 0) is 9.53 Å². The zero-order chi connectivity index (χ0) is 12.3. The van der Waals surface area contributed by atoms with Gasteiger partial charge >= 0.3 is 5.97 Å². The molecule has 0 radical (unpaired) electrons. The van der Waals surface area contributed by atoms with Gasteiger partial charge in [0.15, 0.2) is 0 Å². The van der Waals surface area contributed by atoms with Crippen LogP contribution in [0.5, 0.6) is 0 Å². The minimum Gasteiger partial charge on any atom is -0.466 e. The van der Waals surface area contributed by atoms with Crippen LogP contribution in [-0.4, -0.2) is 24.1 Å². The van der Waals surface area contributed by atoms with Crippen molar-refractivity contribution in [3.63, 3.8) is 0 Å². The molecule has 0 aliphatic heterocycles. The fourth-order valence-electron chi connectivity index (χ4n) is 2.31. The SMILES string of the molecule is CCOC(=O)CCCCCSCC1CCCC1. The average Bonchev–Trinajstić information content (AvgIpc) is 2.81. The van der Waals surface area contributed by atoms with Crippen molar-refractivity contribution in [2.75, 3.05) is 18.1 Å². The summed E-state index contributed by atoms with van der Waals surface area (Å²) in [4.78, 5) is 11.1. The van der Waals surface area contributed by atoms with E-state index < -0.39 is 0 Å². The van der Waals surface area contributed by atoms with Crippen LogP contribution in [0.15, 0.2) is 0 Å². The van der Waals surface area contributed by atoms with E-state index in [2.05, 4.69) is 11.8 Å². The van der Waals surface area contributed by atoms with Crippen LogP contribution in [0.1, 0.15) is 58.3 Å². The molecule has 1 saturated carbocycles. The molecule has 0 bridgehead atoms. The Morgan fingerprint density at radius 3 is 2.71 bits per heavy atom. The second-order valence-electron chi connectivity index (χ2n) is 4.84. The second-order valence-corrected chi connectivity index (χ2v) is 5.99. The molecule has 100 valence electrons. The quantitative estimate of drug-likeness (QED) is 0.461. The van der Waals surface area contributed by atoms with Gasteiger partial charge in [0.25, 0.3) is 0 Å². The highest BCUT2D eigenvalue weighted by atomic mass is 32.2. The molecule has 0 N–H and O–H groups in total. The summed E-state index contributed by atoms with van der Waals surface area (Å²) in [5.74, 6) is 3.59. The van der Waals surface area contributed by atoms with Gasteiger partial charge in [-0.05, 0) is 50.0 Å². The van der Waals surface area contributed by atoms with Crippen LogP contribution in [0.2, 0.25) is 0 Å². The number of unbranched alkanes of at least 4 members (excludes halogenated alkanes) is 2. The summed E-state index contributed by atoms with van der Waals surface area (Å²) in [5.41, 5.74) is 0. The summed E-state index contributed by atoms with van der Waals surface area (Å²) >= 11 is 2.10. The molecule has 0 heterocycles. The topological polar surface area (TPSA) is 26.3 Å². The fourth-order valence-corrected chi connectivity index (χ4v) is 3.55. The van der Waals surface area contributed by atoms with E-state index in [1.165, 1.54) is 43.6 Å². The molecule has 0 aromatic rings. The lowest BCUT2D eigenvalue weighted by Gasteiger charge is -2.07. The molecule has 2 nitrogen and oxygen atoms in total. The number of carbonyl (C=O) groups is 1. The van der Waals surface area contributed by atoms with Crippen molar-refractivity contribution >= 4 is 17.7 Å². The molecular weight excluding hydrogens is 232 g/mol. The third-order valence-electron chi connectivity index (χ3n) is 3.30. The van der Waals surface area contributed by atoms with Gasteiger partial charge in [-0.2, -0.15) is 11.8 Å². The molecule has 0 aromatic heterocycles. The number of esters is 1. The van der Waals surface area contributed by atoms with Gasteiger partial charge in [-0.25, -0.2) is 0 Å². The standard InChI is InChI=1S/C14H26O2S/c1-2-16-14(15)10-4-3-7-11-17-12-13-8-5-6-9-13/h13H,2-12H2,1H3. The maximum absolute atomic E-state index is 11.1. The number of hydrogen-bond acceptors (Lipinski definition) is 3. The highest BCUT2D eigenvalue weighted by Crippen LogP contribution is 2.28. The van der Waals surface area contributed by atoms with Crippen molar-refractivity contribution in [1.82, 2.24) is 0 Å². The van der Waals surface area contributed by atoms with E-state index in [0.717, 1.165) is 18.8 Å². The van der Waals surface area contributed by atoms with Crippen molar-refractivity contribution in [1.29, 1.82) is 0 Å². The molecule has 0 atom stereocenters. The van der Waals surface area contributed by atoms with Gasteiger partial charge < -0.3 is 4.74 Å². The summed E-state index contributed by atoms with van der Waals surface area (Å²) in [6, 6.07) is 0. The third kappa shape index (κ3) is 7.69. The Hall–Kier alpha value is -0.180. The molecule has 1 fully saturated rings. The third-order valence-corrected chi connectivity index (χ3v) is 4.59. The molecule has 1 aliphatic carbocycles. The Balaban J connectivity index is 1.79. The summed E-state index contributed by atoms with van der Waals surface area (Å²) < 4.78 is 4.89. The van der Waals surface area contributed by atoms with Crippen LogP contribution < -0.4 is 0 Å². The van der Waals surface area contributed by atoms with E-state index in [1.807, 2.05) is 6.92 Å². The van der Waals surface area contributed by atoms with Gasteiger partial charge in [-0.3, -0.25) is 4.79 Å². The Labute approximate surface area is 110 Å². The zero-order valence-corrected chi connectivity index (χ0v) is 11.9. The average molecular weight is 258 g/mol. The Morgan fingerprint density at radius 1 is 1.24 bits per heavy atom. The van der Waals surface area contributed by atoms with E-state index in [9.17, 15) is 4.79 Å². The van der Waals surface area contributed by atoms with Crippen LogP contribution in [0.25, 0.3) is 0 Å². The number of hydrogen-bond donors (Lipinski definition) is 0. The summed E-state index contributed by atoms with van der Waals surface area (Å²) in [6.07, 6.45) is 9.80. The minimum atomic E-state index is -0.0360. The summed E-state index contributed by atoms with van der Waals surface area (Å²) in [7, 11) is 0. The van der Waals surface area contributed by atoms with Crippen molar-refractivity contribution in [2.24, 2.45) is 5.92 Å². The number of rotatable bonds is 9. The van der Waals surface area contributed by atoms with Crippen LogP contribution in [0.3, 0.4) is 0 Å². The van der Waals surface area contributed by atoms with Crippen LogP contribution in [0, 0.1) is 5.92 Å². The van der Waals surface area contributed by atoms with Gasteiger partial charge in [-0.1, -0.05) is 19.3 Å². The highest BCUT2D eigenvalue weighted by molar-refractivity contribution is 7.99. The van der Waals surface area contributed by atoms with E-state index >= 15 is 0 Å². The molecule has 0 spiro atoms.